The van der Waals surface area contributed by atoms with Crippen LogP contribution in [-0.4, -0.2) is 25.4 Å². The molecule has 5 N–H and O–H groups in total. The minimum atomic E-state index is -0.327. The molecular formula is C5H6N6O. The van der Waals surface area contributed by atoms with Crippen LogP contribution in [0.2, 0.25) is 0 Å². The average molecular weight is 166 g/mol. The van der Waals surface area contributed by atoms with Crippen molar-refractivity contribution in [2.75, 3.05) is 5.73 Å². The SMILES string of the molecule is Nc1[nH][nH]c(=O)c1-c1nc[nH]n1. The topological polar surface area (TPSA) is 116 Å². The minimum absolute atomic E-state index is 0.236. The molecule has 0 spiro atoms. The Kier molecular flexibility index (Phi) is 1.23. The van der Waals surface area contributed by atoms with Crippen molar-refractivity contribution >= 4 is 5.82 Å². The number of aromatic nitrogens is 5. The Morgan fingerprint density at radius 1 is 1.42 bits per heavy atom. The highest BCUT2D eigenvalue weighted by Gasteiger charge is 2.12. The van der Waals surface area contributed by atoms with E-state index in [1.165, 1.54) is 6.33 Å². The summed E-state index contributed by atoms with van der Waals surface area (Å²) in [7, 11) is 0. The summed E-state index contributed by atoms with van der Waals surface area (Å²) in [6, 6.07) is 0. The highest BCUT2D eigenvalue weighted by atomic mass is 16.1. The van der Waals surface area contributed by atoms with Gasteiger partial charge in [-0.25, -0.2) is 4.98 Å². The molecular weight excluding hydrogens is 160 g/mol. The Balaban J connectivity index is 2.68. The lowest BCUT2D eigenvalue weighted by atomic mass is 10.3. The maximum absolute atomic E-state index is 11.1. The monoisotopic (exact) mass is 166 g/mol. The predicted molar refractivity (Wildman–Crippen MR) is 41.2 cm³/mol. The first-order valence-electron chi connectivity index (χ1n) is 3.21. The Morgan fingerprint density at radius 3 is 2.75 bits per heavy atom. The van der Waals surface area contributed by atoms with Gasteiger partial charge in [0.05, 0.1) is 0 Å². The third-order valence-electron chi connectivity index (χ3n) is 1.45. The molecule has 0 unspecified atom stereocenters. The van der Waals surface area contributed by atoms with Crippen LogP contribution in [0.5, 0.6) is 0 Å². The van der Waals surface area contributed by atoms with Crippen LogP contribution in [0.25, 0.3) is 11.4 Å². The normalized spacial score (nSPS) is 10.3. The van der Waals surface area contributed by atoms with E-state index in [0.29, 0.717) is 0 Å². The lowest BCUT2D eigenvalue weighted by Crippen LogP contribution is -2.03. The highest BCUT2D eigenvalue weighted by molar-refractivity contribution is 5.66. The zero-order valence-corrected chi connectivity index (χ0v) is 5.96. The standard InChI is InChI=1S/C5H6N6O/c6-3-2(5(12)11-9-3)4-7-1-8-10-4/h1H,(H,7,8,10)(H4,6,9,11,12). The number of hydrogen-bond donors (Lipinski definition) is 4. The van der Waals surface area contributed by atoms with Crippen LogP contribution in [0.4, 0.5) is 5.82 Å². The molecule has 2 aromatic heterocycles. The fourth-order valence-electron chi connectivity index (χ4n) is 0.923. The molecule has 0 bridgehead atoms. The second kappa shape index (κ2) is 2.22. The van der Waals surface area contributed by atoms with Crippen molar-refractivity contribution in [3.8, 4) is 11.4 Å². The molecule has 0 aliphatic carbocycles. The fourth-order valence-corrected chi connectivity index (χ4v) is 0.923. The summed E-state index contributed by atoms with van der Waals surface area (Å²) in [5, 5.41) is 11.0. The van der Waals surface area contributed by atoms with E-state index in [9.17, 15) is 4.79 Å². The molecule has 62 valence electrons. The van der Waals surface area contributed by atoms with E-state index in [1.807, 2.05) is 0 Å². The Morgan fingerprint density at radius 2 is 2.25 bits per heavy atom. The second-order valence-corrected chi connectivity index (χ2v) is 2.19. The number of nitrogens with two attached hydrogens (primary N) is 1. The second-order valence-electron chi connectivity index (χ2n) is 2.19. The number of H-pyrrole nitrogens is 3. The number of nitrogens with one attached hydrogen (secondary N) is 3. The number of hydrogen-bond acceptors (Lipinski definition) is 4. The van der Waals surface area contributed by atoms with Gasteiger partial charge in [0.15, 0.2) is 5.82 Å². The van der Waals surface area contributed by atoms with E-state index in [4.69, 9.17) is 5.73 Å². The summed E-state index contributed by atoms with van der Waals surface area (Å²) in [6.07, 6.45) is 1.38. The summed E-state index contributed by atoms with van der Waals surface area (Å²) in [6.45, 7) is 0. The summed E-state index contributed by atoms with van der Waals surface area (Å²) in [4.78, 5) is 14.9. The van der Waals surface area contributed by atoms with Gasteiger partial charge in [-0.05, 0) is 0 Å². The largest absolute Gasteiger partial charge is 0.383 e. The van der Waals surface area contributed by atoms with Crippen LogP contribution in [0.3, 0.4) is 0 Å². The van der Waals surface area contributed by atoms with E-state index < -0.39 is 0 Å². The van der Waals surface area contributed by atoms with Gasteiger partial charge in [0.25, 0.3) is 5.56 Å². The number of rotatable bonds is 1. The highest BCUT2D eigenvalue weighted by Crippen LogP contribution is 2.12. The summed E-state index contributed by atoms with van der Waals surface area (Å²) < 4.78 is 0. The zero-order chi connectivity index (χ0) is 8.55. The van der Waals surface area contributed by atoms with Crippen LogP contribution in [0.15, 0.2) is 11.1 Å². The molecule has 12 heavy (non-hydrogen) atoms. The fraction of sp³-hybridized carbons (Fsp3) is 0. The van der Waals surface area contributed by atoms with E-state index in [0.717, 1.165) is 0 Å². The molecule has 0 radical (unpaired) electrons. The van der Waals surface area contributed by atoms with E-state index in [1.54, 1.807) is 0 Å². The van der Waals surface area contributed by atoms with Crippen LogP contribution < -0.4 is 11.3 Å². The Bertz CT molecular complexity index is 423. The summed E-state index contributed by atoms with van der Waals surface area (Å²) in [5.41, 5.74) is 5.39. The lowest BCUT2D eigenvalue weighted by Gasteiger charge is -1.87. The molecule has 0 atom stereocenters. The van der Waals surface area contributed by atoms with Crippen molar-refractivity contribution in [2.24, 2.45) is 0 Å². The van der Waals surface area contributed by atoms with Gasteiger partial charge in [-0.1, -0.05) is 0 Å². The Hall–Kier alpha value is -2.05. The minimum Gasteiger partial charge on any atom is -0.383 e. The first-order chi connectivity index (χ1) is 5.79. The zero-order valence-electron chi connectivity index (χ0n) is 5.96. The molecule has 0 saturated carbocycles. The van der Waals surface area contributed by atoms with E-state index in [-0.39, 0.29) is 22.8 Å². The lowest BCUT2D eigenvalue weighted by molar-refractivity contribution is 1.06. The number of anilines is 1. The molecule has 2 aromatic rings. The molecule has 2 rings (SSSR count). The average Bonchev–Trinajstić information content (AvgIpc) is 2.61. The molecule has 7 heteroatoms. The quantitative estimate of drug-likeness (QED) is 0.438. The van der Waals surface area contributed by atoms with Crippen molar-refractivity contribution in [2.45, 2.75) is 0 Å². The van der Waals surface area contributed by atoms with Crippen molar-refractivity contribution in [1.29, 1.82) is 0 Å². The molecule has 0 aliphatic rings. The van der Waals surface area contributed by atoms with Crippen LogP contribution in [0, 0.1) is 0 Å². The number of nitrogens with zero attached hydrogens (tertiary/aromatic N) is 2. The van der Waals surface area contributed by atoms with Gasteiger partial charge < -0.3 is 5.73 Å². The summed E-state index contributed by atoms with van der Waals surface area (Å²) >= 11 is 0. The molecule has 0 amide bonds. The first kappa shape index (κ1) is 6.65. The van der Waals surface area contributed by atoms with Crippen LogP contribution in [-0.2, 0) is 0 Å². The number of aromatic amines is 3. The van der Waals surface area contributed by atoms with E-state index >= 15 is 0 Å². The van der Waals surface area contributed by atoms with Gasteiger partial charge >= 0.3 is 0 Å². The number of nitrogen functional groups attached to an aromatic ring is 1. The molecule has 0 aromatic carbocycles. The van der Waals surface area contributed by atoms with Crippen molar-refractivity contribution in [1.82, 2.24) is 25.4 Å². The van der Waals surface area contributed by atoms with Gasteiger partial charge in [-0.2, -0.15) is 5.10 Å². The third kappa shape index (κ3) is 0.797. The van der Waals surface area contributed by atoms with Gasteiger partial charge in [0, 0.05) is 0 Å². The van der Waals surface area contributed by atoms with Crippen LogP contribution >= 0.6 is 0 Å². The Labute approximate surface area is 66.0 Å². The molecule has 7 nitrogen and oxygen atoms in total. The van der Waals surface area contributed by atoms with Gasteiger partial charge in [-0.15, -0.1) is 0 Å². The first-order valence-corrected chi connectivity index (χ1v) is 3.21. The molecule has 0 aliphatic heterocycles. The van der Waals surface area contributed by atoms with Crippen molar-refractivity contribution in [3.63, 3.8) is 0 Å². The smallest absolute Gasteiger partial charge is 0.277 e. The predicted octanol–water partition coefficient (Wildman–Crippen LogP) is -0.930. The molecule has 2 heterocycles. The van der Waals surface area contributed by atoms with Crippen LogP contribution in [0.1, 0.15) is 0 Å². The maximum atomic E-state index is 11.1. The molecule has 0 saturated heterocycles. The maximum Gasteiger partial charge on any atom is 0.277 e. The van der Waals surface area contributed by atoms with Gasteiger partial charge in [0.2, 0.25) is 0 Å². The third-order valence-corrected chi connectivity index (χ3v) is 1.45. The molecule has 0 fully saturated rings. The van der Waals surface area contributed by atoms with Crippen molar-refractivity contribution < 1.29 is 0 Å². The van der Waals surface area contributed by atoms with E-state index in [2.05, 4.69) is 25.4 Å². The van der Waals surface area contributed by atoms with Gasteiger partial charge in [0.1, 0.15) is 17.7 Å². The van der Waals surface area contributed by atoms with Gasteiger partial charge in [-0.3, -0.25) is 20.1 Å². The summed E-state index contributed by atoms with van der Waals surface area (Å²) in [5.74, 6) is 0.523. The van der Waals surface area contributed by atoms with Crippen molar-refractivity contribution in [3.05, 3.63) is 16.7 Å².